The number of hydrazone groups is 1. The Bertz CT molecular complexity index is 1160. The van der Waals surface area contributed by atoms with E-state index in [4.69, 9.17) is 5.10 Å². The van der Waals surface area contributed by atoms with Gasteiger partial charge in [-0.1, -0.05) is 64.0 Å². The molecule has 0 N–H and O–H groups in total. The zero-order valence-corrected chi connectivity index (χ0v) is 17.8. The van der Waals surface area contributed by atoms with Gasteiger partial charge in [0.15, 0.2) is 0 Å². The number of rotatable bonds is 3. The lowest BCUT2D eigenvalue weighted by Gasteiger charge is -2.22. The molecule has 2 atom stereocenters. The third-order valence-electron chi connectivity index (χ3n) is 5.50. The largest absolute Gasteiger partial charge is 0.273 e. The van der Waals surface area contributed by atoms with E-state index in [2.05, 4.69) is 15.9 Å². The van der Waals surface area contributed by atoms with Crippen LogP contribution in [0.25, 0.3) is 0 Å². The first kappa shape index (κ1) is 18.8. The second-order valence-corrected chi connectivity index (χ2v) is 8.36. The van der Waals surface area contributed by atoms with Crippen LogP contribution < -0.4 is 9.91 Å². The minimum atomic E-state index is -0.695. The zero-order valence-electron chi connectivity index (χ0n) is 16.2. The molecule has 2 amide bonds. The van der Waals surface area contributed by atoms with Crippen LogP contribution in [0.5, 0.6) is 0 Å². The van der Waals surface area contributed by atoms with Crippen molar-refractivity contribution < 1.29 is 9.59 Å². The molecule has 0 saturated carbocycles. The minimum Gasteiger partial charge on any atom is -0.273 e. The average Bonchev–Trinajstić information content (AvgIpc) is 3.27. The van der Waals surface area contributed by atoms with Crippen LogP contribution >= 0.6 is 15.9 Å². The van der Waals surface area contributed by atoms with Crippen LogP contribution in [-0.4, -0.2) is 23.6 Å². The molecule has 0 spiro atoms. The summed E-state index contributed by atoms with van der Waals surface area (Å²) in [6, 6.07) is 23.9. The maximum Gasteiger partial charge on any atom is 0.259 e. The molecule has 0 radical (unpaired) electrons. The number of para-hydroxylation sites is 1. The number of aryl methyl sites for hydroxylation is 1. The average molecular weight is 460 g/mol. The molecular weight excluding hydrogens is 442 g/mol. The Morgan fingerprint density at radius 2 is 1.47 bits per heavy atom. The number of halogens is 1. The second-order valence-electron chi connectivity index (χ2n) is 7.44. The smallest absolute Gasteiger partial charge is 0.259 e. The Balaban J connectivity index is 1.63. The molecule has 2 heterocycles. The van der Waals surface area contributed by atoms with Crippen LogP contribution in [-0.2, 0) is 9.59 Å². The predicted octanol–water partition coefficient (Wildman–Crippen LogP) is 4.54. The number of benzene rings is 3. The maximum atomic E-state index is 13.5. The summed E-state index contributed by atoms with van der Waals surface area (Å²) in [6.45, 7) is 1.97. The summed E-state index contributed by atoms with van der Waals surface area (Å²) in [5.41, 5.74) is 3.89. The van der Waals surface area contributed by atoms with Gasteiger partial charge in [-0.15, -0.1) is 0 Å². The first-order valence-electron chi connectivity index (χ1n) is 9.68. The van der Waals surface area contributed by atoms with Gasteiger partial charge in [-0.3, -0.25) is 14.6 Å². The Morgan fingerprint density at radius 3 is 2.13 bits per heavy atom. The zero-order chi connectivity index (χ0) is 20.8. The van der Waals surface area contributed by atoms with E-state index in [-0.39, 0.29) is 11.8 Å². The van der Waals surface area contributed by atoms with Crippen molar-refractivity contribution in [3.05, 3.63) is 94.5 Å². The van der Waals surface area contributed by atoms with Crippen LogP contribution in [0.15, 0.2) is 88.4 Å². The van der Waals surface area contributed by atoms with Crippen molar-refractivity contribution in [1.82, 2.24) is 0 Å². The lowest BCUT2D eigenvalue weighted by atomic mass is 9.93. The standard InChI is InChI=1S/C24H18BrN3O2/c1-15-7-13-18(14-8-15)27-23(29)20-21(16-9-11-17(25)12-10-16)26-28(22(20)24(27)30)19-5-3-2-4-6-19/h2-14,20,22H,1H3. The van der Waals surface area contributed by atoms with Crippen molar-refractivity contribution >= 4 is 44.8 Å². The maximum absolute atomic E-state index is 13.5. The lowest BCUT2D eigenvalue weighted by Crippen LogP contribution is -2.39. The van der Waals surface area contributed by atoms with Crippen LogP contribution in [0.3, 0.4) is 0 Å². The fourth-order valence-electron chi connectivity index (χ4n) is 4.02. The minimum absolute atomic E-state index is 0.242. The van der Waals surface area contributed by atoms with Gasteiger partial charge in [0.25, 0.3) is 5.91 Å². The Morgan fingerprint density at radius 1 is 0.800 bits per heavy atom. The Labute approximate surface area is 182 Å². The van der Waals surface area contributed by atoms with Crippen molar-refractivity contribution in [2.45, 2.75) is 13.0 Å². The molecule has 2 unspecified atom stereocenters. The fraction of sp³-hybridized carbons (Fsp3) is 0.125. The molecule has 2 aliphatic heterocycles. The van der Waals surface area contributed by atoms with Crippen LogP contribution in [0.1, 0.15) is 11.1 Å². The van der Waals surface area contributed by atoms with E-state index in [1.54, 1.807) is 5.01 Å². The van der Waals surface area contributed by atoms with Gasteiger partial charge in [0.05, 0.1) is 17.1 Å². The summed E-state index contributed by atoms with van der Waals surface area (Å²) in [5.74, 6) is -1.15. The molecule has 148 valence electrons. The van der Waals surface area contributed by atoms with E-state index in [1.807, 2.05) is 85.8 Å². The summed E-state index contributed by atoms with van der Waals surface area (Å²) < 4.78 is 0.941. The predicted molar refractivity (Wildman–Crippen MR) is 121 cm³/mol. The molecule has 6 heteroatoms. The summed E-state index contributed by atoms with van der Waals surface area (Å²) in [5, 5.41) is 6.44. The molecular formula is C24H18BrN3O2. The lowest BCUT2D eigenvalue weighted by molar-refractivity contribution is -0.121. The van der Waals surface area contributed by atoms with Gasteiger partial charge in [0, 0.05) is 4.47 Å². The monoisotopic (exact) mass is 459 g/mol. The normalized spacial score (nSPS) is 20.5. The molecule has 0 aromatic heterocycles. The number of carbonyl (C=O) groups excluding carboxylic acids is 2. The summed E-state index contributed by atoms with van der Waals surface area (Å²) >= 11 is 3.45. The molecule has 5 rings (SSSR count). The number of imide groups is 1. The van der Waals surface area contributed by atoms with E-state index >= 15 is 0 Å². The Hall–Kier alpha value is -3.25. The first-order chi connectivity index (χ1) is 14.5. The van der Waals surface area contributed by atoms with Gasteiger partial charge in [-0.2, -0.15) is 5.10 Å². The highest BCUT2D eigenvalue weighted by atomic mass is 79.9. The summed E-state index contributed by atoms with van der Waals surface area (Å²) in [6.07, 6.45) is 0. The highest BCUT2D eigenvalue weighted by Gasteiger charge is 2.57. The number of anilines is 2. The van der Waals surface area contributed by atoms with Crippen molar-refractivity contribution in [2.24, 2.45) is 11.0 Å². The quantitative estimate of drug-likeness (QED) is 0.540. The summed E-state index contributed by atoms with van der Waals surface area (Å²) in [4.78, 5) is 28.3. The van der Waals surface area contributed by atoms with Crippen LogP contribution in [0.2, 0.25) is 0 Å². The highest BCUT2D eigenvalue weighted by Crippen LogP contribution is 2.39. The molecule has 0 aliphatic carbocycles. The third-order valence-corrected chi connectivity index (χ3v) is 6.03. The third kappa shape index (κ3) is 2.95. The van der Waals surface area contributed by atoms with Crippen molar-refractivity contribution in [2.75, 3.05) is 9.91 Å². The number of carbonyl (C=O) groups is 2. The van der Waals surface area contributed by atoms with E-state index in [0.717, 1.165) is 21.3 Å². The molecule has 1 fully saturated rings. The van der Waals surface area contributed by atoms with Gasteiger partial charge in [-0.05, 0) is 48.9 Å². The van der Waals surface area contributed by atoms with E-state index in [9.17, 15) is 9.59 Å². The van der Waals surface area contributed by atoms with Gasteiger partial charge in [0.2, 0.25) is 5.91 Å². The number of fused-ring (bicyclic) bond motifs is 1. The van der Waals surface area contributed by atoms with E-state index in [1.165, 1.54) is 4.90 Å². The second kappa shape index (κ2) is 7.22. The summed E-state index contributed by atoms with van der Waals surface area (Å²) in [7, 11) is 0. The topological polar surface area (TPSA) is 53.0 Å². The molecule has 2 aliphatic rings. The molecule has 5 nitrogen and oxygen atoms in total. The molecule has 30 heavy (non-hydrogen) atoms. The van der Waals surface area contributed by atoms with Crippen molar-refractivity contribution in [1.29, 1.82) is 0 Å². The number of hydrogen-bond acceptors (Lipinski definition) is 4. The molecule has 0 bridgehead atoms. The molecule has 1 saturated heterocycles. The van der Waals surface area contributed by atoms with E-state index < -0.39 is 12.0 Å². The highest BCUT2D eigenvalue weighted by molar-refractivity contribution is 9.10. The van der Waals surface area contributed by atoms with Crippen LogP contribution in [0.4, 0.5) is 11.4 Å². The number of amides is 2. The van der Waals surface area contributed by atoms with Gasteiger partial charge < -0.3 is 0 Å². The van der Waals surface area contributed by atoms with Gasteiger partial charge in [-0.25, -0.2) is 4.90 Å². The van der Waals surface area contributed by atoms with Gasteiger partial charge in [0.1, 0.15) is 12.0 Å². The first-order valence-corrected chi connectivity index (χ1v) is 10.5. The number of nitrogens with zero attached hydrogens (tertiary/aromatic N) is 3. The van der Waals surface area contributed by atoms with E-state index in [0.29, 0.717) is 11.4 Å². The van der Waals surface area contributed by atoms with Crippen molar-refractivity contribution in [3.63, 3.8) is 0 Å². The molecule has 3 aromatic carbocycles. The fourth-order valence-corrected chi connectivity index (χ4v) is 4.28. The Kier molecular flexibility index (Phi) is 4.51. The van der Waals surface area contributed by atoms with Crippen LogP contribution in [0, 0.1) is 12.8 Å². The van der Waals surface area contributed by atoms with Crippen molar-refractivity contribution in [3.8, 4) is 0 Å². The van der Waals surface area contributed by atoms with Gasteiger partial charge >= 0.3 is 0 Å². The number of hydrogen-bond donors (Lipinski definition) is 0. The molecule has 3 aromatic rings. The SMILES string of the molecule is Cc1ccc(N2C(=O)C3C(c4ccc(Br)cc4)=NN(c4ccccc4)C3C2=O)cc1.